The molecule has 1 heterocycles. The molecule has 0 aliphatic heterocycles. The van der Waals surface area contributed by atoms with Crippen LogP contribution in [0.5, 0.6) is 0 Å². The third kappa shape index (κ3) is 1.12. The van der Waals surface area contributed by atoms with Crippen LogP contribution in [0.1, 0.15) is 11.4 Å². The first-order chi connectivity index (χ1) is 4.24. The third-order valence-corrected chi connectivity index (χ3v) is 1.26. The van der Waals surface area contributed by atoms with Gasteiger partial charge in [0.2, 0.25) is 0 Å². The molecule has 9 heavy (non-hydrogen) atoms. The molecule has 4 heteroatoms. The molecule has 0 saturated carbocycles. The largest absolute Gasteiger partial charge is 0.305 e. The molecule has 0 aliphatic rings. The van der Waals surface area contributed by atoms with Crippen molar-refractivity contribution in [1.29, 1.82) is 0 Å². The van der Waals surface area contributed by atoms with E-state index in [1.807, 2.05) is 28.1 Å². The lowest BCUT2D eigenvalue weighted by molar-refractivity contribution is 0.820. The Morgan fingerprint density at radius 1 is 1.22 bits per heavy atom. The van der Waals surface area contributed by atoms with Crippen LogP contribution in [0.25, 0.3) is 0 Å². The molecule has 3 nitrogen and oxygen atoms in total. The van der Waals surface area contributed by atoms with E-state index in [1.54, 1.807) is 4.71 Å². The Hall–Kier alpha value is -0.795. The summed E-state index contributed by atoms with van der Waals surface area (Å²) in [7, 11) is 1.82. The van der Waals surface area contributed by atoms with Crippen LogP contribution in [0.3, 0.4) is 0 Å². The second kappa shape index (κ2) is 2.21. The van der Waals surface area contributed by atoms with Gasteiger partial charge in [-0.3, -0.25) is 0 Å². The van der Waals surface area contributed by atoms with Crippen LogP contribution in [0.15, 0.2) is 0 Å². The average molecular weight is 122 g/mol. The lowest BCUT2D eigenvalue weighted by Crippen LogP contribution is -2.05. The molecule has 0 aliphatic carbocycles. The maximum atomic E-state index is 4.08. The standard InChI is InChI=1S/C5H9BN3/c1-4-5(2)8-9(6-3)7-4/h1-3H3. The Balaban J connectivity index is 2.98. The van der Waals surface area contributed by atoms with Gasteiger partial charge >= 0.3 is 7.41 Å². The SMILES string of the molecule is C[B]n1nc(C)c(C)n1. The first-order valence-electron chi connectivity index (χ1n) is 2.93. The maximum absolute atomic E-state index is 4.08. The van der Waals surface area contributed by atoms with E-state index in [0.29, 0.717) is 0 Å². The smallest absolute Gasteiger partial charge is 0.243 e. The van der Waals surface area contributed by atoms with Gasteiger partial charge in [0.1, 0.15) is 0 Å². The van der Waals surface area contributed by atoms with Gasteiger partial charge < -0.3 is 0 Å². The predicted molar refractivity (Wildman–Crippen MR) is 36.5 cm³/mol. The van der Waals surface area contributed by atoms with Gasteiger partial charge in [-0.05, 0) is 13.8 Å². The summed E-state index contributed by atoms with van der Waals surface area (Å²) in [6.45, 7) is 5.80. The maximum Gasteiger partial charge on any atom is 0.305 e. The minimum absolute atomic E-state index is 0.994. The van der Waals surface area contributed by atoms with E-state index in [9.17, 15) is 0 Å². The van der Waals surface area contributed by atoms with Crippen LogP contribution in [-0.4, -0.2) is 22.3 Å². The molecule has 0 unspecified atom stereocenters. The fraction of sp³-hybridized carbons (Fsp3) is 0.600. The summed E-state index contributed by atoms with van der Waals surface area (Å²) < 4.78 is 1.57. The van der Waals surface area contributed by atoms with Crippen molar-refractivity contribution in [3.63, 3.8) is 0 Å². The van der Waals surface area contributed by atoms with Gasteiger partial charge in [0.15, 0.2) is 0 Å². The molecular weight excluding hydrogens is 113 g/mol. The molecule has 0 aromatic carbocycles. The molecule has 0 atom stereocenters. The zero-order valence-electron chi connectivity index (χ0n) is 5.92. The number of hydrogen-bond acceptors (Lipinski definition) is 2. The fourth-order valence-electron chi connectivity index (χ4n) is 0.590. The van der Waals surface area contributed by atoms with E-state index < -0.39 is 0 Å². The zero-order chi connectivity index (χ0) is 6.85. The highest BCUT2D eigenvalue weighted by molar-refractivity contribution is 6.30. The lowest BCUT2D eigenvalue weighted by atomic mass is 10.0. The van der Waals surface area contributed by atoms with Gasteiger partial charge in [-0.2, -0.15) is 10.2 Å². The van der Waals surface area contributed by atoms with Gasteiger partial charge in [0, 0.05) is 0 Å². The molecule has 0 amide bonds. The second-order valence-corrected chi connectivity index (χ2v) is 1.95. The van der Waals surface area contributed by atoms with Crippen molar-refractivity contribution in [1.82, 2.24) is 14.9 Å². The average Bonchev–Trinajstić information content (AvgIpc) is 2.13. The molecule has 47 valence electrons. The normalized spacial score (nSPS) is 9.67. The third-order valence-electron chi connectivity index (χ3n) is 1.26. The summed E-state index contributed by atoms with van der Waals surface area (Å²) in [6, 6.07) is 0. The number of hydrogen-bond donors (Lipinski definition) is 0. The van der Waals surface area contributed by atoms with E-state index >= 15 is 0 Å². The van der Waals surface area contributed by atoms with Crippen LogP contribution in [-0.2, 0) is 0 Å². The molecule has 1 rings (SSSR count). The van der Waals surface area contributed by atoms with Gasteiger partial charge in [-0.1, -0.05) is 6.82 Å². The van der Waals surface area contributed by atoms with Gasteiger partial charge in [0.25, 0.3) is 0 Å². The summed E-state index contributed by atoms with van der Waals surface area (Å²) in [5.41, 5.74) is 1.99. The lowest BCUT2D eigenvalue weighted by Gasteiger charge is -1.85. The quantitative estimate of drug-likeness (QED) is 0.505. The van der Waals surface area contributed by atoms with Crippen molar-refractivity contribution >= 4 is 7.41 Å². The highest BCUT2D eigenvalue weighted by Gasteiger charge is 1.98. The molecule has 0 saturated heterocycles. The van der Waals surface area contributed by atoms with Crippen molar-refractivity contribution in [2.75, 3.05) is 0 Å². The summed E-state index contributed by atoms with van der Waals surface area (Å²) in [6.07, 6.45) is 0. The van der Waals surface area contributed by atoms with E-state index in [4.69, 9.17) is 0 Å². The van der Waals surface area contributed by atoms with E-state index in [-0.39, 0.29) is 0 Å². The summed E-state index contributed by atoms with van der Waals surface area (Å²) >= 11 is 0. The Morgan fingerprint density at radius 2 is 1.67 bits per heavy atom. The molecule has 1 aromatic rings. The minimum atomic E-state index is 0.994. The summed E-state index contributed by atoms with van der Waals surface area (Å²) in [5, 5.41) is 8.16. The van der Waals surface area contributed by atoms with E-state index in [0.717, 1.165) is 11.4 Å². The molecule has 1 aromatic heterocycles. The van der Waals surface area contributed by atoms with Crippen molar-refractivity contribution in [3.05, 3.63) is 11.4 Å². The minimum Gasteiger partial charge on any atom is -0.243 e. The van der Waals surface area contributed by atoms with Gasteiger partial charge in [-0.25, -0.2) is 4.71 Å². The highest BCUT2D eigenvalue weighted by Crippen LogP contribution is 1.95. The van der Waals surface area contributed by atoms with Crippen LogP contribution in [0, 0.1) is 13.8 Å². The summed E-state index contributed by atoms with van der Waals surface area (Å²) in [5.74, 6) is 0. The van der Waals surface area contributed by atoms with Crippen molar-refractivity contribution in [2.45, 2.75) is 20.7 Å². The van der Waals surface area contributed by atoms with Crippen molar-refractivity contribution in [3.8, 4) is 0 Å². The molecule has 0 N–H and O–H groups in total. The monoisotopic (exact) mass is 122 g/mol. The Kier molecular flexibility index (Phi) is 1.55. The predicted octanol–water partition coefficient (Wildman–Crippen LogP) is 0.410. The second-order valence-electron chi connectivity index (χ2n) is 1.95. The Morgan fingerprint density at radius 3 is 1.89 bits per heavy atom. The summed E-state index contributed by atoms with van der Waals surface area (Å²) in [4.78, 5) is 0. The van der Waals surface area contributed by atoms with Crippen molar-refractivity contribution in [2.24, 2.45) is 0 Å². The van der Waals surface area contributed by atoms with Crippen LogP contribution >= 0.6 is 0 Å². The Labute approximate surface area is 55.3 Å². The van der Waals surface area contributed by atoms with Gasteiger partial charge in [-0.15, -0.1) is 0 Å². The number of rotatable bonds is 1. The first kappa shape index (κ1) is 6.33. The van der Waals surface area contributed by atoms with Crippen LogP contribution in [0.4, 0.5) is 0 Å². The number of aryl methyl sites for hydroxylation is 2. The molecule has 0 bridgehead atoms. The van der Waals surface area contributed by atoms with Gasteiger partial charge in [0.05, 0.1) is 11.4 Å². The Bertz CT molecular complexity index is 186. The number of aromatic nitrogens is 3. The van der Waals surface area contributed by atoms with Crippen LogP contribution in [0.2, 0.25) is 6.82 Å². The molecule has 0 spiro atoms. The fourth-order valence-corrected chi connectivity index (χ4v) is 0.590. The van der Waals surface area contributed by atoms with E-state index in [2.05, 4.69) is 10.2 Å². The molecular formula is C5H9BN3. The topological polar surface area (TPSA) is 30.7 Å². The van der Waals surface area contributed by atoms with Crippen molar-refractivity contribution < 1.29 is 0 Å². The number of nitrogens with zero attached hydrogens (tertiary/aromatic N) is 3. The van der Waals surface area contributed by atoms with E-state index in [1.165, 1.54) is 0 Å². The zero-order valence-corrected chi connectivity index (χ0v) is 5.92. The first-order valence-corrected chi connectivity index (χ1v) is 2.93. The highest BCUT2D eigenvalue weighted by atomic mass is 15.4. The molecule has 1 radical (unpaired) electrons. The van der Waals surface area contributed by atoms with Crippen LogP contribution < -0.4 is 0 Å². The molecule has 0 fully saturated rings.